The molecule has 3 aromatic heterocycles. The normalized spacial score (nSPS) is 17.5. The van der Waals surface area contributed by atoms with Crippen molar-refractivity contribution in [3.05, 3.63) is 71.9 Å². The van der Waals surface area contributed by atoms with Crippen LogP contribution in [0, 0.1) is 6.92 Å². The minimum absolute atomic E-state index is 0.278. The van der Waals surface area contributed by atoms with E-state index in [4.69, 9.17) is 4.74 Å². The smallest absolute Gasteiger partial charge is 0.213 e. The van der Waals surface area contributed by atoms with Gasteiger partial charge in [0.25, 0.3) is 0 Å². The molecule has 134 valence electrons. The van der Waals surface area contributed by atoms with Gasteiger partial charge in [-0.1, -0.05) is 12.1 Å². The summed E-state index contributed by atoms with van der Waals surface area (Å²) in [7, 11) is 0. The van der Waals surface area contributed by atoms with E-state index in [2.05, 4.69) is 43.7 Å². The summed E-state index contributed by atoms with van der Waals surface area (Å²) in [5, 5.41) is 4.45. The van der Waals surface area contributed by atoms with Crippen LogP contribution in [-0.2, 0) is 19.6 Å². The number of nitrogens with zero attached hydrogens (tertiary/aromatic N) is 5. The highest BCUT2D eigenvalue weighted by Crippen LogP contribution is 2.21. The maximum atomic E-state index is 5.97. The molecule has 0 N–H and O–H groups in total. The van der Waals surface area contributed by atoms with Crippen molar-refractivity contribution in [1.82, 2.24) is 24.6 Å². The Hall–Kier alpha value is -2.73. The summed E-state index contributed by atoms with van der Waals surface area (Å²) in [6.45, 7) is 5.26. The van der Waals surface area contributed by atoms with E-state index in [0.717, 1.165) is 31.7 Å². The molecule has 1 aliphatic rings. The van der Waals surface area contributed by atoms with E-state index >= 15 is 0 Å². The second-order valence-electron chi connectivity index (χ2n) is 6.64. The van der Waals surface area contributed by atoms with E-state index in [9.17, 15) is 0 Å². The highest BCUT2D eigenvalue weighted by atomic mass is 16.5. The molecule has 0 aromatic carbocycles. The first-order valence-electron chi connectivity index (χ1n) is 8.98. The zero-order valence-electron chi connectivity index (χ0n) is 15.0. The number of fused-ring (bicyclic) bond motifs is 1. The molecule has 4 heterocycles. The number of ether oxygens (including phenoxy) is 1. The average Bonchev–Trinajstić information content (AvgIpc) is 3.04. The molecule has 0 spiro atoms. The van der Waals surface area contributed by atoms with E-state index in [1.165, 1.54) is 11.3 Å². The van der Waals surface area contributed by atoms with Crippen LogP contribution in [0.15, 0.2) is 55.0 Å². The van der Waals surface area contributed by atoms with Crippen LogP contribution in [-0.4, -0.2) is 37.3 Å². The van der Waals surface area contributed by atoms with Gasteiger partial charge in [0.15, 0.2) is 0 Å². The molecule has 26 heavy (non-hydrogen) atoms. The Morgan fingerprint density at radius 2 is 2.00 bits per heavy atom. The molecular weight excluding hydrogens is 326 g/mol. The summed E-state index contributed by atoms with van der Waals surface area (Å²) in [6, 6.07) is 12.2. The average molecular weight is 349 g/mol. The lowest BCUT2D eigenvalue weighted by molar-refractivity contribution is 0.114. The topological polar surface area (TPSA) is 56.1 Å². The minimum atomic E-state index is 0.278. The van der Waals surface area contributed by atoms with Crippen LogP contribution in [0.4, 0.5) is 0 Å². The fraction of sp³-hybridized carbons (Fsp3) is 0.350. The fourth-order valence-electron chi connectivity index (χ4n) is 3.35. The van der Waals surface area contributed by atoms with Gasteiger partial charge in [0.05, 0.1) is 11.4 Å². The van der Waals surface area contributed by atoms with Crippen LogP contribution in [0.2, 0.25) is 0 Å². The molecule has 0 bridgehead atoms. The molecule has 0 saturated carbocycles. The largest absolute Gasteiger partial charge is 0.476 e. The number of hydrogen-bond donors (Lipinski definition) is 0. The zero-order valence-corrected chi connectivity index (χ0v) is 15.0. The maximum absolute atomic E-state index is 5.97. The first-order chi connectivity index (χ1) is 12.8. The summed E-state index contributed by atoms with van der Waals surface area (Å²) in [5.74, 6) is 0.670. The van der Waals surface area contributed by atoms with Gasteiger partial charge in [0.1, 0.15) is 6.61 Å². The Balaban J connectivity index is 1.53. The monoisotopic (exact) mass is 349 g/mol. The molecule has 0 aliphatic carbocycles. The van der Waals surface area contributed by atoms with Gasteiger partial charge >= 0.3 is 0 Å². The maximum Gasteiger partial charge on any atom is 0.213 e. The van der Waals surface area contributed by atoms with Gasteiger partial charge in [-0.25, -0.2) is 4.98 Å². The fourth-order valence-corrected chi connectivity index (χ4v) is 3.35. The molecular formula is C20H23N5O. The van der Waals surface area contributed by atoms with Gasteiger partial charge in [-0.15, -0.1) is 0 Å². The molecule has 1 atom stereocenters. The Labute approximate surface area is 153 Å². The molecule has 0 amide bonds. The predicted molar refractivity (Wildman–Crippen MR) is 98.6 cm³/mol. The molecule has 0 unspecified atom stereocenters. The summed E-state index contributed by atoms with van der Waals surface area (Å²) < 4.78 is 8.07. The van der Waals surface area contributed by atoms with E-state index in [1.807, 2.05) is 36.7 Å². The lowest BCUT2D eigenvalue weighted by Gasteiger charge is -2.29. The van der Waals surface area contributed by atoms with E-state index in [1.54, 1.807) is 6.20 Å². The SMILES string of the molecule is Cc1cccnc1CN1Cc2ccnn2CC[C@@H]1COc1ccccn1. The molecule has 1 aliphatic heterocycles. The van der Waals surface area contributed by atoms with Gasteiger partial charge in [0, 0.05) is 50.3 Å². The van der Waals surface area contributed by atoms with Crippen molar-refractivity contribution in [2.24, 2.45) is 0 Å². The number of aryl methyl sites for hydroxylation is 2. The van der Waals surface area contributed by atoms with Gasteiger partial charge in [-0.3, -0.25) is 14.6 Å². The molecule has 3 aromatic rings. The van der Waals surface area contributed by atoms with Gasteiger partial charge in [-0.05, 0) is 37.1 Å². The summed E-state index contributed by atoms with van der Waals surface area (Å²) in [6.07, 6.45) is 6.48. The Morgan fingerprint density at radius 1 is 1.08 bits per heavy atom. The van der Waals surface area contributed by atoms with Crippen LogP contribution < -0.4 is 4.74 Å². The standard InChI is InChI=1S/C20H23N5O/c1-16-5-4-10-21-19(16)14-24-13-17-7-11-23-25(17)12-8-18(24)15-26-20-6-2-3-9-22-20/h2-7,9-11,18H,8,12-15H2,1H3/t18-/m1/s1. The van der Waals surface area contributed by atoms with Crippen molar-refractivity contribution in [2.45, 2.75) is 39.0 Å². The van der Waals surface area contributed by atoms with Crippen molar-refractivity contribution in [2.75, 3.05) is 6.61 Å². The quantitative estimate of drug-likeness (QED) is 0.709. The lowest BCUT2D eigenvalue weighted by atomic mass is 10.1. The number of aromatic nitrogens is 4. The predicted octanol–water partition coefficient (Wildman–Crippen LogP) is 2.84. The summed E-state index contributed by atoms with van der Waals surface area (Å²) in [5.41, 5.74) is 3.57. The van der Waals surface area contributed by atoms with Crippen molar-refractivity contribution in [1.29, 1.82) is 0 Å². The molecule has 0 radical (unpaired) electrons. The molecule has 4 rings (SSSR count). The van der Waals surface area contributed by atoms with Crippen LogP contribution in [0.5, 0.6) is 5.88 Å². The lowest BCUT2D eigenvalue weighted by Crippen LogP contribution is -2.38. The second-order valence-corrected chi connectivity index (χ2v) is 6.64. The van der Waals surface area contributed by atoms with Gasteiger partial charge in [-0.2, -0.15) is 5.10 Å². The van der Waals surface area contributed by atoms with Crippen LogP contribution in [0.3, 0.4) is 0 Å². The van der Waals surface area contributed by atoms with E-state index in [-0.39, 0.29) is 6.04 Å². The molecule has 6 heteroatoms. The van der Waals surface area contributed by atoms with Crippen LogP contribution in [0.1, 0.15) is 23.4 Å². The van der Waals surface area contributed by atoms with E-state index < -0.39 is 0 Å². The molecule has 6 nitrogen and oxygen atoms in total. The highest BCUT2D eigenvalue weighted by molar-refractivity contribution is 5.18. The third-order valence-corrected chi connectivity index (χ3v) is 4.89. The minimum Gasteiger partial charge on any atom is -0.476 e. The van der Waals surface area contributed by atoms with Crippen LogP contribution in [0.25, 0.3) is 0 Å². The number of hydrogen-bond acceptors (Lipinski definition) is 5. The first-order valence-corrected chi connectivity index (χ1v) is 8.98. The Kier molecular flexibility index (Phi) is 4.93. The number of rotatable bonds is 5. The third kappa shape index (κ3) is 3.75. The number of pyridine rings is 2. The molecule has 0 saturated heterocycles. The van der Waals surface area contributed by atoms with Gasteiger partial charge < -0.3 is 4.74 Å². The third-order valence-electron chi connectivity index (χ3n) is 4.89. The van der Waals surface area contributed by atoms with E-state index in [0.29, 0.717) is 12.5 Å². The summed E-state index contributed by atoms with van der Waals surface area (Å²) in [4.78, 5) is 11.3. The van der Waals surface area contributed by atoms with Crippen molar-refractivity contribution in [3.63, 3.8) is 0 Å². The van der Waals surface area contributed by atoms with Crippen molar-refractivity contribution < 1.29 is 4.74 Å². The van der Waals surface area contributed by atoms with Crippen molar-refractivity contribution in [3.8, 4) is 5.88 Å². The Bertz CT molecular complexity index is 848. The summed E-state index contributed by atoms with van der Waals surface area (Å²) >= 11 is 0. The van der Waals surface area contributed by atoms with Gasteiger partial charge in [0.2, 0.25) is 5.88 Å². The highest BCUT2D eigenvalue weighted by Gasteiger charge is 2.25. The molecule has 0 fully saturated rings. The first kappa shape index (κ1) is 16.7. The Morgan fingerprint density at radius 3 is 2.85 bits per heavy atom. The van der Waals surface area contributed by atoms with Crippen molar-refractivity contribution >= 4 is 0 Å². The zero-order chi connectivity index (χ0) is 17.8. The second kappa shape index (κ2) is 7.66. The van der Waals surface area contributed by atoms with Crippen LogP contribution >= 0.6 is 0 Å².